The highest BCUT2D eigenvalue weighted by Gasteiger charge is 2.34. The van der Waals surface area contributed by atoms with Gasteiger partial charge in [-0.3, -0.25) is 0 Å². The third kappa shape index (κ3) is 1.29. The van der Waals surface area contributed by atoms with Crippen molar-refractivity contribution in [2.24, 2.45) is 5.73 Å². The van der Waals surface area contributed by atoms with Gasteiger partial charge in [0.1, 0.15) is 18.8 Å². The van der Waals surface area contributed by atoms with E-state index in [2.05, 4.69) is 0 Å². The van der Waals surface area contributed by atoms with Crippen LogP contribution in [-0.4, -0.2) is 34.6 Å². The Hall–Kier alpha value is -0.160. The Morgan fingerprint density at radius 3 is 2.50 bits per heavy atom. The molecule has 59 valence electrons. The first kappa shape index (κ1) is 7.94. The minimum Gasteiger partial charge on any atom is -0.389 e. The van der Waals surface area contributed by atoms with Gasteiger partial charge in [0.25, 0.3) is 0 Å². The Labute approximate surface area is 59.6 Å². The standard InChI is InChI=1S/C6H12NO3/c1-3-5(8)6(9)4(7)2-10-3/h2-6,8-9H,7H2,1H3/t3-,4+,5+,6-/m1/s1. The van der Waals surface area contributed by atoms with E-state index in [1.165, 1.54) is 6.61 Å². The highest BCUT2D eigenvalue weighted by molar-refractivity contribution is 4.92. The van der Waals surface area contributed by atoms with Gasteiger partial charge >= 0.3 is 0 Å². The van der Waals surface area contributed by atoms with Crippen LogP contribution >= 0.6 is 0 Å². The molecule has 0 aromatic heterocycles. The zero-order chi connectivity index (χ0) is 7.72. The van der Waals surface area contributed by atoms with Crippen LogP contribution < -0.4 is 5.73 Å². The van der Waals surface area contributed by atoms with Gasteiger partial charge in [-0.15, -0.1) is 0 Å². The first-order chi connectivity index (χ1) is 4.63. The zero-order valence-electron chi connectivity index (χ0n) is 5.77. The molecule has 1 radical (unpaired) electrons. The number of nitrogens with two attached hydrogens (primary N) is 1. The van der Waals surface area contributed by atoms with E-state index in [0.29, 0.717) is 0 Å². The molecule has 10 heavy (non-hydrogen) atoms. The minimum absolute atomic E-state index is 0.366. The third-order valence-corrected chi connectivity index (χ3v) is 1.68. The van der Waals surface area contributed by atoms with Gasteiger partial charge in [-0.2, -0.15) is 0 Å². The molecule has 1 aliphatic heterocycles. The lowest BCUT2D eigenvalue weighted by Gasteiger charge is -2.33. The number of ether oxygens (including phenoxy) is 1. The molecule has 4 heteroatoms. The second kappa shape index (κ2) is 2.84. The van der Waals surface area contributed by atoms with Crippen molar-refractivity contribution in [1.82, 2.24) is 0 Å². The first-order valence-corrected chi connectivity index (χ1v) is 3.23. The van der Waals surface area contributed by atoms with Crippen molar-refractivity contribution in [2.75, 3.05) is 0 Å². The summed E-state index contributed by atoms with van der Waals surface area (Å²) >= 11 is 0. The lowest BCUT2D eigenvalue weighted by Crippen LogP contribution is -2.53. The number of rotatable bonds is 0. The lowest BCUT2D eigenvalue weighted by atomic mass is 10.0. The van der Waals surface area contributed by atoms with Gasteiger partial charge in [-0.1, -0.05) is 0 Å². The summed E-state index contributed by atoms with van der Waals surface area (Å²) in [6.45, 7) is 3.03. The molecular formula is C6H12NO3. The van der Waals surface area contributed by atoms with Crippen molar-refractivity contribution in [3.63, 3.8) is 0 Å². The second-order valence-corrected chi connectivity index (χ2v) is 2.54. The predicted octanol–water partition coefficient (Wildman–Crippen LogP) is -1.38. The van der Waals surface area contributed by atoms with Crippen LogP contribution in [0.5, 0.6) is 0 Å². The molecule has 0 spiro atoms. The molecule has 4 N–H and O–H groups in total. The van der Waals surface area contributed by atoms with Crippen LogP contribution in [0.25, 0.3) is 0 Å². The molecule has 0 unspecified atom stereocenters. The van der Waals surface area contributed by atoms with Gasteiger partial charge in [-0.25, -0.2) is 0 Å². The summed E-state index contributed by atoms with van der Waals surface area (Å²) < 4.78 is 4.91. The molecule has 0 aromatic rings. The average molecular weight is 146 g/mol. The molecule has 4 nitrogen and oxygen atoms in total. The maximum atomic E-state index is 9.14. The number of aliphatic hydroxyl groups excluding tert-OH is 2. The molecule has 0 aliphatic carbocycles. The minimum atomic E-state index is -0.899. The highest BCUT2D eigenvalue weighted by atomic mass is 16.5. The van der Waals surface area contributed by atoms with E-state index in [1.54, 1.807) is 6.92 Å². The number of hydrogen-bond donors (Lipinski definition) is 3. The SMILES string of the molecule is C[C@H]1O[CH][C@H](N)[C@@H](O)[C@H]1O. The maximum Gasteiger partial charge on any atom is 0.107 e. The van der Waals surface area contributed by atoms with Crippen molar-refractivity contribution in [3.8, 4) is 0 Å². The molecule has 0 bridgehead atoms. The summed E-state index contributed by atoms with van der Waals surface area (Å²) in [5, 5.41) is 18.3. The van der Waals surface area contributed by atoms with Gasteiger partial charge < -0.3 is 20.7 Å². The topological polar surface area (TPSA) is 75.7 Å². The average Bonchev–Trinajstić information content (AvgIpc) is 1.93. The molecule has 0 aromatic carbocycles. The molecular weight excluding hydrogens is 134 g/mol. The Morgan fingerprint density at radius 1 is 1.40 bits per heavy atom. The van der Waals surface area contributed by atoms with Crippen LogP contribution in [0.15, 0.2) is 0 Å². The number of hydrogen-bond acceptors (Lipinski definition) is 4. The Bertz CT molecular complexity index is 106. The van der Waals surface area contributed by atoms with E-state index in [9.17, 15) is 0 Å². The van der Waals surface area contributed by atoms with Gasteiger partial charge in [-0.05, 0) is 6.92 Å². The van der Waals surface area contributed by atoms with Crippen molar-refractivity contribution in [3.05, 3.63) is 6.61 Å². The van der Waals surface area contributed by atoms with Gasteiger partial charge in [0.15, 0.2) is 0 Å². The first-order valence-electron chi connectivity index (χ1n) is 3.23. The van der Waals surface area contributed by atoms with Crippen LogP contribution in [0.1, 0.15) is 6.92 Å². The summed E-state index contributed by atoms with van der Waals surface area (Å²) in [5.74, 6) is 0. The van der Waals surface area contributed by atoms with Crippen LogP contribution in [0.4, 0.5) is 0 Å². The van der Waals surface area contributed by atoms with Gasteiger partial charge in [0.05, 0.1) is 12.1 Å². The lowest BCUT2D eigenvalue weighted by molar-refractivity contribution is -0.112. The molecule has 0 amide bonds. The fourth-order valence-electron chi connectivity index (χ4n) is 0.881. The molecule has 1 heterocycles. The van der Waals surface area contributed by atoms with Crippen LogP contribution in [-0.2, 0) is 4.74 Å². The van der Waals surface area contributed by atoms with Crippen LogP contribution in [0.3, 0.4) is 0 Å². The largest absolute Gasteiger partial charge is 0.389 e. The van der Waals surface area contributed by atoms with E-state index < -0.39 is 18.2 Å². The smallest absolute Gasteiger partial charge is 0.107 e. The summed E-state index contributed by atoms with van der Waals surface area (Å²) in [7, 11) is 0. The number of aliphatic hydroxyl groups is 2. The molecule has 1 fully saturated rings. The highest BCUT2D eigenvalue weighted by Crippen LogP contribution is 2.15. The summed E-state index contributed by atoms with van der Waals surface area (Å²) in [4.78, 5) is 0. The van der Waals surface area contributed by atoms with E-state index in [4.69, 9.17) is 20.7 Å². The predicted molar refractivity (Wildman–Crippen MR) is 34.8 cm³/mol. The Morgan fingerprint density at radius 2 is 2.00 bits per heavy atom. The maximum absolute atomic E-state index is 9.14. The quantitative estimate of drug-likeness (QED) is 0.393. The van der Waals surface area contributed by atoms with Crippen LogP contribution in [0.2, 0.25) is 0 Å². The van der Waals surface area contributed by atoms with Gasteiger partial charge in [0.2, 0.25) is 0 Å². The summed E-state index contributed by atoms with van der Waals surface area (Å²) in [6, 6.07) is -0.578. The molecule has 1 saturated heterocycles. The van der Waals surface area contributed by atoms with Crippen molar-refractivity contribution in [2.45, 2.75) is 31.3 Å². The van der Waals surface area contributed by atoms with E-state index in [-0.39, 0.29) is 6.10 Å². The third-order valence-electron chi connectivity index (χ3n) is 1.68. The van der Waals surface area contributed by atoms with E-state index in [0.717, 1.165) is 0 Å². The Kier molecular flexibility index (Phi) is 2.25. The summed E-state index contributed by atoms with van der Waals surface area (Å²) in [5.41, 5.74) is 5.34. The second-order valence-electron chi connectivity index (χ2n) is 2.54. The van der Waals surface area contributed by atoms with E-state index in [1.807, 2.05) is 0 Å². The zero-order valence-corrected chi connectivity index (χ0v) is 5.77. The Balaban J connectivity index is 2.52. The van der Waals surface area contributed by atoms with Crippen molar-refractivity contribution < 1.29 is 14.9 Å². The monoisotopic (exact) mass is 146 g/mol. The van der Waals surface area contributed by atoms with E-state index >= 15 is 0 Å². The summed E-state index contributed by atoms with van der Waals surface area (Å²) in [6.07, 6.45) is -2.14. The molecule has 1 aliphatic rings. The molecule has 1 rings (SSSR count). The van der Waals surface area contributed by atoms with Gasteiger partial charge in [0, 0.05) is 0 Å². The molecule has 4 atom stereocenters. The fraction of sp³-hybridized carbons (Fsp3) is 0.833. The van der Waals surface area contributed by atoms with Crippen molar-refractivity contribution in [1.29, 1.82) is 0 Å². The van der Waals surface area contributed by atoms with Crippen LogP contribution in [0, 0.1) is 6.61 Å². The normalized spacial score (nSPS) is 49.2. The molecule has 0 saturated carbocycles. The fourth-order valence-corrected chi connectivity index (χ4v) is 0.881. The van der Waals surface area contributed by atoms with Crippen molar-refractivity contribution >= 4 is 0 Å².